The molecule has 0 amide bonds. The molecule has 1 aliphatic rings. The van der Waals surface area contributed by atoms with Crippen LogP contribution in [0.2, 0.25) is 0 Å². The Morgan fingerprint density at radius 3 is 2.72 bits per heavy atom. The van der Waals surface area contributed by atoms with Crippen LogP contribution in [-0.4, -0.2) is 18.6 Å². The molecule has 18 heavy (non-hydrogen) atoms. The van der Waals surface area contributed by atoms with Gasteiger partial charge in [0, 0.05) is 19.3 Å². The van der Waals surface area contributed by atoms with Gasteiger partial charge in [-0.15, -0.1) is 0 Å². The normalized spacial score (nSPS) is 16.3. The van der Waals surface area contributed by atoms with Crippen LogP contribution >= 0.6 is 0 Å². The Bertz CT molecular complexity index is 442. The number of aryl methyl sites for hydroxylation is 1. The van der Waals surface area contributed by atoms with Crippen molar-refractivity contribution in [3.05, 3.63) is 23.4 Å². The van der Waals surface area contributed by atoms with Crippen LogP contribution in [0.15, 0.2) is 12.1 Å². The predicted octanol–water partition coefficient (Wildman–Crippen LogP) is 3.28. The van der Waals surface area contributed by atoms with E-state index in [2.05, 4.69) is 23.0 Å². The van der Waals surface area contributed by atoms with Gasteiger partial charge in [-0.3, -0.25) is 0 Å². The van der Waals surface area contributed by atoms with Gasteiger partial charge in [0.2, 0.25) is 0 Å². The Morgan fingerprint density at radius 2 is 2.06 bits per heavy atom. The van der Waals surface area contributed by atoms with E-state index in [0.717, 1.165) is 24.0 Å². The fraction of sp³-hybridized carbons (Fsp3) is 0.600. The molecule has 1 aliphatic carbocycles. The molecular weight excluding hydrogens is 222 g/mol. The second-order valence-corrected chi connectivity index (χ2v) is 5.35. The topological polar surface area (TPSA) is 39.9 Å². The molecule has 3 heteroatoms. The fourth-order valence-electron chi connectivity index (χ4n) is 2.76. The lowest BCUT2D eigenvalue weighted by Crippen LogP contribution is -2.27. The van der Waals surface area contributed by atoms with Gasteiger partial charge in [0.15, 0.2) is 0 Å². The first-order valence-electron chi connectivity index (χ1n) is 6.79. The van der Waals surface area contributed by atoms with E-state index in [1.54, 1.807) is 0 Å². The number of nitriles is 1. The lowest BCUT2D eigenvalue weighted by atomic mass is 9.89. The minimum absolute atomic E-state index is 0.702. The van der Waals surface area contributed by atoms with E-state index in [-0.39, 0.29) is 0 Å². The molecule has 96 valence electrons. The number of nitrogens with zero attached hydrogens (tertiary/aromatic N) is 3. The lowest BCUT2D eigenvalue weighted by Gasteiger charge is -2.27. The second kappa shape index (κ2) is 5.86. The molecule has 2 rings (SSSR count). The van der Waals surface area contributed by atoms with Crippen LogP contribution < -0.4 is 4.90 Å². The molecule has 3 nitrogen and oxygen atoms in total. The molecule has 1 aromatic rings. The number of hydrogen-bond acceptors (Lipinski definition) is 3. The maximum Gasteiger partial charge on any atom is 0.129 e. The molecule has 0 radical (unpaired) electrons. The first-order chi connectivity index (χ1) is 8.69. The highest BCUT2D eigenvalue weighted by Gasteiger charge is 2.16. The Labute approximate surface area is 109 Å². The van der Waals surface area contributed by atoms with Gasteiger partial charge in [-0.25, -0.2) is 4.98 Å². The summed E-state index contributed by atoms with van der Waals surface area (Å²) in [5.74, 6) is 1.72. The first kappa shape index (κ1) is 12.9. The van der Waals surface area contributed by atoms with Crippen LogP contribution in [0, 0.1) is 24.2 Å². The minimum atomic E-state index is 0.702. The number of aromatic nitrogens is 1. The van der Waals surface area contributed by atoms with Crippen molar-refractivity contribution in [2.45, 2.75) is 39.0 Å². The van der Waals surface area contributed by atoms with Crippen LogP contribution in [0.25, 0.3) is 0 Å². The molecule has 0 aromatic carbocycles. The summed E-state index contributed by atoms with van der Waals surface area (Å²) in [7, 11) is 2.08. The zero-order chi connectivity index (χ0) is 13.0. The summed E-state index contributed by atoms with van der Waals surface area (Å²) in [5, 5.41) is 8.99. The van der Waals surface area contributed by atoms with E-state index in [0.29, 0.717) is 5.56 Å². The van der Waals surface area contributed by atoms with Crippen LogP contribution in [-0.2, 0) is 0 Å². The lowest BCUT2D eigenvalue weighted by molar-refractivity contribution is 0.361. The van der Waals surface area contributed by atoms with Crippen molar-refractivity contribution in [2.75, 3.05) is 18.5 Å². The average Bonchev–Trinajstić information content (AvgIpc) is 2.39. The first-order valence-corrected chi connectivity index (χ1v) is 6.79. The van der Waals surface area contributed by atoms with Gasteiger partial charge in [-0.2, -0.15) is 5.26 Å². The molecular formula is C15H21N3. The summed E-state index contributed by atoms with van der Waals surface area (Å²) in [5.41, 5.74) is 1.62. The number of hydrogen-bond donors (Lipinski definition) is 0. The van der Waals surface area contributed by atoms with Crippen molar-refractivity contribution < 1.29 is 0 Å². The molecule has 0 atom stereocenters. The average molecular weight is 243 g/mol. The standard InChI is InChI=1S/C15H21N3/c1-12-8-14(10-16)9-15(17-12)18(2)11-13-6-4-3-5-7-13/h8-9,13H,3-7,11H2,1-2H3. The van der Waals surface area contributed by atoms with Crippen LogP contribution in [0.1, 0.15) is 43.4 Å². The molecule has 1 fully saturated rings. The third-order valence-electron chi connectivity index (χ3n) is 3.72. The van der Waals surface area contributed by atoms with Gasteiger partial charge >= 0.3 is 0 Å². The zero-order valence-corrected chi connectivity index (χ0v) is 11.3. The Kier molecular flexibility index (Phi) is 4.19. The van der Waals surface area contributed by atoms with Gasteiger partial charge in [-0.1, -0.05) is 19.3 Å². The van der Waals surface area contributed by atoms with Gasteiger partial charge in [0.1, 0.15) is 5.82 Å². The van der Waals surface area contributed by atoms with Crippen molar-refractivity contribution >= 4 is 5.82 Å². The van der Waals surface area contributed by atoms with E-state index in [9.17, 15) is 0 Å². The highest BCUT2D eigenvalue weighted by Crippen LogP contribution is 2.25. The second-order valence-electron chi connectivity index (χ2n) is 5.35. The molecule has 1 heterocycles. The van der Waals surface area contributed by atoms with Crippen LogP contribution in [0.5, 0.6) is 0 Å². The van der Waals surface area contributed by atoms with Crippen molar-refractivity contribution in [1.82, 2.24) is 4.98 Å². The van der Waals surface area contributed by atoms with Gasteiger partial charge in [0.05, 0.1) is 11.6 Å². The Balaban J connectivity index is 2.05. The van der Waals surface area contributed by atoms with E-state index >= 15 is 0 Å². The van der Waals surface area contributed by atoms with Crippen molar-refractivity contribution in [1.29, 1.82) is 5.26 Å². The zero-order valence-electron chi connectivity index (χ0n) is 11.3. The largest absolute Gasteiger partial charge is 0.359 e. The molecule has 1 aromatic heterocycles. The molecule has 0 spiro atoms. The monoisotopic (exact) mass is 243 g/mol. The van der Waals surface area contributed by atoms with E-state index in [4.69, 9.17) is 5.26 Å². The maximum absolute atomic E-state index is 8.99. The third-order valence-corrected chi connectivity index (χ3v) is 3.72. The van der Waals surface area contributed by atoms with Crippen molar-refractivity contribution in [3.63, 3.8) is 0 Å². The molecule has 0 N–H and O–H groups in total. The van der Waals surface area contributed by atoms with E-state index in [1.807, 2.05) is 19.1 Å². The summed E-state index contributed by atoms with van der Waals surface area (Å²) >= 11 is 0. The van der Waals surface area contributed by atoms with Gasteiger partial charge < -0.3 is 4.90 Å². The molecule has 0 bridgehead atoms. The molecule has 0 saturated heterocycles. The summed E-state index contributed by atoms with van der Waals surface area (Å²) < 4.78 is 0. The summed E-state index contributed by atoms with van der Waals surface area (Å²) in [6.45, 7) is 3.00. The summed E-state index contributed by atoms with van der Waals surface area (Å²) in [6, 6.07) is 5.92. The van der Waals surface area contributed by atoms with Crippen molar-refractivity contribution in [3.8, 4) is 6.07 Å². The highest BCUT2D eigenvalue weighted by molar-refractivity contribution is 5.46. The maximum atomic E-state index is 8.99. The minimum Gasteiger partial charge on any atom is -0.359 e. The Hall–Kier alpha value is -1.56. The van der Waals surface area contributed by atoms with Crippen LogP contribution in [0.4, 0.5) is 5.82 Å². The highest BCUT2D eigenvalue weighted by atomic mass is 15.2. The van der Waals surface area contributed by atoms with Gasteiger partial charge in [-0.05, 0) is 37.8 Å². The number of pyridine rings is 1. The van der Waals surface area contributed by atoms with E-state index in [1.165, 1.54) is 32.1 Å². The summed E-state index contributed by atoms with van der Waals surface area (Å²) in [4.78, 5) is 6.72. The molecule has 1 saturated carbocycles. The van der Waals surface area contributed by atoms with Crippen LogP contribution in [0.3, 0.4) is 0 Å². The number of rotatable bonds is 3. The van der Waals surface area contributed by atoms with Gasteiger partial charge in [0.25, 0.3) is 0 Å². The molecule has 0 aliphatic heterocycles. The quantitative estimate of drug-likeness (QED) is 0.818. The van der Waals surface area contributed by atoms with E-state index < -0.39 is 0 Å². The SMILES string of the molecule is Cc1cc(C#N)cc(N(C)CC2CCCCC2)n1. The fourth-order valence-corrected chi connectivity index (χ4v) is 2.76. The van der Waals surface area contributed by atoms with Crippen molar-refractivity contribution in [2.24, 2.45) is 5.92 Å². The predicted molar refractivity (Wildman–Crippen MR) is 73.5 cm³/mol. The third kappa shape index (κ3) is 3.22. The number of anilines is 1. The smallest absolute Gasteiger partial charge is 0.129 e. The molecule has 0 unspecified atom stereocenters. The summed E-state index contributed by atoms with van der Waals surface area (Å²) in [6.07, 6.45) is 6.79. The Morgan fingerprint density at radius 1 is 1.33 bits per heavy atom.